The molecule has 2 N–H and O–H groups in total. The molecule has 1 saturated heterocycles. The van der Waals surface area contributed by atoms with E-state index in [-0.39, 0.29) is 37.2 Å². The van der Waals surface area contributed by atoms with Crippen LogP contribution in [0.1, 0.15) is 44.2 Å². The topological polar surface area (TPSA) is 95.9 Å². The number of hydrogen-bond donors (Lipinski definition) is 2. The number of rotatable bonds is 10. The molecule has 30 heavy (non-hydrogen) atoms. The number of ketones is 1. The highest BCUT2D eigenvalue weighted by atomic mass is 16.6. The molecular weight excluding hydrogens is 384 g/mol. The van der Waals surface area contributed by atoms with Crippen LogP contribution in [-0.4, -0.2) is 53.0 Å². The van der Waals surface area contributed by atoms with Crippen LogP contribution in [0.25, 0.3) is 0 Å². The fourth-order valence-corrected chi connectivity index (χ4v) is 3.57. The van der Waals surface area contributed by atoms with Crippen LogP contribution in [0.4, 0.5) is 4.79 Å². The van der Waals surface area contributed by atoms with Gasteiger partial charge in [-0.05, 0) is 29.9 Å². The van der Waals surface area contributed by atoms with E-state index < -0.39 is 18.2 Å². The first-order chi connectivity index (χ1) is 14.4. The molecule has 0 radical (unpaired) electrons. The zero-order valence-electron chi connectivity index (χ0n) is 17.8. The number of carbonyl (C=O) groups is 3. The Balaban J connectivity index is 2.06. The van der Waals surface area contributed by atoms with Crippen LogP contribution in [0.2, 0.25) is 0 Å². The number of amides is 2. The molecule has 1 heterocycles. The monoisotopic (exact) mass is 416 g/mol. The average Bonchev–Trinajstić information content (AvgIpc) is 3.25. The molecule has 0 aliphatic carbocycles. The zero-order chi connectivity index (χ0) is 22.1. The van der Waals surface area contributed by atoms with Crippen molar-refractivity contribution in [1.29, 1.82) is 0 Å². The maximum atomic E-state index is 13.0. The molecule has 1 unspecified atom stereocenters. The first kappa shape index (κ1) is 23.6. The van der Waals surface area contributed by atoms with Gasteiger partial charge in [-0.3, -0.25) is 14.5 Å². The summed E-state index contributed by atoms with van der Waals surface area (Å²) in [6.07, 6.45) is 3.11. The van der Waals surface area contributed by atoms with Crippen LogP contribution in [-0.2, 0) is 27.4 Å². The number of aliphatic hydroxyl groups excluding tert-OH is 1. The van der Waals surface area contributed by atoms with E-state index in [1.807, 2.05) is 26.0 Å². The molecule has 1 aliphatic heterocycles. The average molecular weight is 417 g/mol. The molecule has 7 heteroatoms. The molecule has 0 saturated carbocycles. The SMILES string of the molecule is C=CCOC(=O)N1CCC[C@H]1C(=O)NC(C(=O)Cc1ccc(CO)cc1)[C@@H](C)CC. The van der Waals surface area contributed by atoms with E-state index in [1.165, 1.54) is 11.0 Å². The molecule has 1 aromatic carbocycles. The van der Waals surface area contributed by atoms with E-state index in [2.05, 4.69) is 11.9 Å². The summed E-state index contributed by atoms with van der Waals surface area (Å²) in [4.78, 5) is 39.6. The molecule has 7 nitrogen and oxygen atoms in total. The van der Waals surface area contributed by atoms with Crippen molar-refractivity contribution in [1.82, 2.24) is 10.2 Å². The minimum atomic E-state index is -0.634. The summed E-state index contributed by atoms with van der Waals surface area (Å²) in [6, 6.07) is 5.92. The molecular formula is C23H32N2O5. The van der Waals surface area contributed by atoms with Crippen molar-refractivity contribution in [3.8, 4) is 0 Å². The molecule has 0 bridgehead atoms. The number of nitrogens with zero attached hydrogens (tertiary/aromatic N) is 1. The van der Waals surface area contributed by atoms with Gasteiger partial charge in [0.25, 0.3) is 0 Å². The number of nitrogens with one attached hydrogen (secondary N) is 1. The molecule has 1 aliphatic rings. The van der Waals surface area contributed by atoms with E-state index >= 15 is 0 Å². The second-order valence-corrected chi connectivity index (χ2v) is 7.71. The second-order valence-electron chi connectivity index (χ2n) is 7.71. The van der Waals surface area contributed by atoms with Crippen molar-refractivity contribution in [3.63, 3.8) is 0 Å². The van der Waals surface area contributed by atoms with Gasteiger partial charge in [0.05, 0.1) is 12.6 Å². The summed E-state index contributed by atoms with van der Waals surface area (Å²) >= 11 is 0. The Morgan fingerprint density at radius 1 is 1.30 bits per heavy atom. The lowest BCUT2D eigenvalue weighted by atomic mass is 9.91. The summed E-state index contributed by atoms with van der Waals surface area (Å²) in [5.74, 6) is -0.439. The third-order valence-electron chi connectivity index (χ3n) is 5.56. The quantitative estimate of drug-likeness (QED) is 0.572. The minimum Gasteiger partial charge on any atom is -0.445 e. The molecule has 164 valence electrons. The van der Waals surface area contributed by atoms with Crippen molar-refractivity contribution in [2.45, 2.75) is 58.2 Å². The molecule has 1 fully saturated rings. The highest BCUT2D eigenvalue weighted by Crippen LogP contribution is 2.20. The standard InChI is InChI=1S/C23H32N2O5/c1-4-13-30-23(29)25-12-6-7-19(25)22(28)24-21(16(3)5-2)20(27)14-17-8-10-18(15-26)11-9-17/h4,8-11,16,19,21,26H,1,5-7,12-15H2,2-3H3,(H,24,28)/t16-,19-,21?/m0/s1. The minimum absolute atomic E-state index is 0.0410. The fourth-order valence-electron chi connectivity index (χ4n) is 3.57. The third kappa shape index (κ3) is 6.16. The van der Waals surface area contributed by atoms with Crippen LogP contribution >= 0.6 is 0 Å². The van der Waals surface area contributed by atoms with Gasteiger partial charge in [0.15, 0.2) is 5.78 Å². The number of Topliss-reactive ketones (excluding diaryl/α,β-unsaturated/α-hetero) is 1. The van der Waals surface area contributed by atoms with Gasteiger partial charge in [0, 0.05) is 13.0 Å². The first-order valence-electron chi connectivity index (χ1n) is 10.5. The van der Waals surface area contributed by atoms with Gasteiger partial charge in [0.1, 0.15) is 12.6 Å². The maximum Gasteiger partial charge on any atom is 0.410 e. The van der Waals surface area contributed by atoms with Crippen molar-refractivity contribution in [2.75, 3.05) is 13.2 Å². The molecule has 2 amide bonds. The lowest BCUT2D eigenvalue weighted by Crippen LogP contribution is -2.53. The van der Waals surface area contributed by atoms with Crippen molar-refractivity contribution in [3.05, 3.63) is 48.0 Å². The molecule has 0 spiro atoms. The number of benzene rings is 1. The van der Waals surface area contributed by atoms with Gasteiger partial charge in [-0.2, -0.15) is 0 Å². The van der Waals surface area contributed by atoms with Gasteiger partial charge >= 0.3 is 6.09 Å². The van der Waals surface area contributed by atoms with Crippen molar-refractivity contribution >= 4 is 17.8 Å². The largest absolute Gasteiger partial charge is 0.445 e. The van der Waals surface area contributed by atoms with E-state index in [9.17, 15) is 14.4 Å². The van der Waals surface area contributed by atoms with E-state index in [0.29, 0.717) is 19.4 Å². The highest BCUT2D eigenvalue weighted by Gasteiger charge is 2.37. The van der Waals surface area contributed by atoms with Gasteiger partial charge in [0.2, 0.25) is 5.91 Å². The van der Waals surface area contributed by atoms with Gasteiger partial charge in [-0.1, -0.05) is 57.2 Å². The van der Waals surface area contributed by atoms with E-state index in [4.69, 9.17) is 9.84 Å². The Kier molecular flexibility index (Phi) is 9.05. The summed E-state index contributed by atoms with van der Waals surface area (Å²) in [5.41, 5.74) is 1.61. The number of hydrogen-bond acceptors (Lipinski definition) is 5. The Morgan fingerprint density at radius 2 is 1.97 bits per heavy atom. The summed E-state index contributed by atoms with van der Waals surface area (Å²) < 4.78 is 5.08. The van der Waals surface area contributed by atoms with Crippen molar-refractivity contribution in [2.24, 2.45) is 5.92 Å². The molecule has 2 rings (SSSR count). The zero-order valence-corrected chi connectivity index (χ0v) is 17.8. The van der Waals surface area contributed by atoms with Crippen LogP contribution < -0.4 is 5.32 Å². The highest BCUT2D eigenvalue weighted by molar-refractivity contribution is 5.93. The number of ether oxygens (including phenoxy) is 1. The summed E-state index contributed by atoms with van der Waals surface area (Å²) in [6.45, 7) is 7.92. The first-order valence-corrected chi connectivity index (χ1v) is 10.5. The predicted molar refractivity (Wildman–Crippen MR) is 114 cm³/mol. The number of aliphatic hydroxyl groups is 1. The van der Waals surface area contributed by atoms with Gasteiger partial charge in [-0.25, -0.2) is 4.79 Å². The smallest absolute Gasteiger partial charge is 0.410 e. The van der Waals surface area contributed by atoms with Crippen molar-refractivity contribution < 1.29 is 24.2 Å². The number of likely N-dealkylation sites (tertiary alicyclic amines) is 1. The Bertz CT molecular complexity index is 746. The summed E-state index contributed by atoms with van der Waals surface area (Å²) in [7, 11) is 0. The molecule has 0 aromatic heterocycles. The van der Waals surface area contributed by atoms with E-state index in [0.717, 1.165) is 17.5 Å². The van der Waals surface area contributed by atoms with Gasteiger partial charge < -0.3 is 15.2 Å². The Hall–Kier alpha value is -2.67. The second kappa shape index (κ2) is 11.5. The van der Waals surface area contributed by atoms with Gasteiger partial charge in [-0.15, -0.1) is 0 Å². The Labute approximate surface area is 178 Å². The fraction of sp³-hybridized carbons (Fsp3) is 0.522. The third-order valence-corrected chi connectivity index (χ3v) is 5.56. The lowest BCUT2D eigenvalue weighted by Gasteiger charge is -2.28. The van der Waals surface area contributed by atoms with Crippen LogP contribution in [0, 0.1) is 5.92 Å². The summed E-state index contributed by atoms with van der Waals surface area (Å²) in [5, 5.41) is 12.1. The normalized spacial score (nSPS) is 17.8. The van der Waals surface area contributed by atoms with E-state index in [1.54, 1.807) is 12.1 Å². The molecule has 1 aromatic rings. The van der Waals surface area contributed by atoms with Crippen LogP contribution in [0.3, 0.4) is 0 Å². The maximum absolute atomic E-state index is 13.0. The number of carbonyl (C=O) groups excluding carboxylic acids is 3. The lowest BCUT2D eigenvalue weighted by molar-refractivity contribution is -0.131. The van der Waals surface area contributed by atoms with Crippen LogP contribution in [0.15, 0.2) is 36.9 Å². The Morgan fingerprint density at radius 3 is 2.57 bits per heavy atom. The predicted octanol–water partition coefficient (Wildman–Crippen LogP) is 2.61. The van der Waals surface area contributed by atoms with Crippen LogP contribution in [0.5, 0.6) is 0 Å². The molecule has 3 atom stereocenters.